The van der Waals surface area contributed by atoms with Crippen LogP contribution in [0.4, 0.5) is 11.8 Å². The first-order valence-electron chi connectivity index (χ1n) is 10.6. The van der Waals surface area contributed by atoms with Crippen molar-refractivity contribution in [3.05, 3.63) is 53.2 Å². The Morgan fingerprint density at radius 3 is 2.78 bits per heavy atom. The van der Waals surface area contributed by atoms with E-state index in [1.807, 2.05) is 42.5 Å². The molecule has 1 aromatic carbocycles. The topological polar surface area (TPSA) is 75.5 Å². The lowest BCUT2D eigenvalue weighted by Gasteiger charge is -2.34. The average Bonchev–Trinajstić information content (AvgIpc) is 3.27. The zero-order valence-electron chi connectivity index (χ0n) is 18.1. The number of methoxy groups -OCH3 is 1. The number of ether oxygens (including phenoxy) is 1. The van der Waals surface area contributed by atoms with Crippen LogP contribution >= 0.6 is 23.8 Å². The fraction of sp³-hybridized carbons (Fsp3) is 0.348. The monoisotopic (exact) mass is 471 g/mol. The summed E-state index contributed by atoms with van der Waals surface area (Å²) in [6, 6.07) is 13.6. The van der Waals surface area contributed by atoms with Crippen LogP contribution < -0.4 is 20.3 Å². The molecule has 0 saturated carbocycles. The van der Waals surface area contributed by atoms with Crippen LogP contribution in [0.5, 0.6) is 5.88 Å². The van der Waals surface area contributed by atoms with Crippen molar-refractivity contribution in [1.29, 1.82) is 0 Å². The molecular formula is C23H26ClN5O2S. The van der Waals surface area contributed by atoms with E-state index in [1.54, 1.807) is 7.11 Å². The summed E-state index contributed by atoms with van der Waals surface area (Å²) in [7, 11) is 1.60. The van der Waals surface area contributed by atoms with E-state index in [4.69, 9.17) is 33.0 Å². The lowest BCUT2D eigenvalue weighted by molar-refractivity contribution is 0.396. The molecule has 0 aliphatic carbocycles. The Balaban J connectivity index is 1.39. The average molecular weight is 472 g/mol. The van der Waals surface area contributed by atoms with Crippen molar-refractivity contribution in [2.24, 2.45) is 0 Å². The molecule has 1 aliphatic rings. The first-order valence-corrected chi connectivity index (χ1v) is 11.4. The molecule has 1 atom stereocenters. The summed E-state index contributed by atoms with van der Waals surface area (Å²) in [5.41, 5.74) is 0.964. The molecule has 0 bridgehead atoms. The lowest BCUT2D eigenvalue weighted by Crippen LogP contribution is -2.38. The van der Waals surface area contributed by atoms with Crippen molar-refractivity contribution >= 4 is 40.7 Å². The zero-order valence-corrected chi connectivity index (χ0v) is 19.7. The van der Waals surface area contributed by atoms with Crippen molar-refractivity contribution in [1.82, 2.24) is 15.3 Å². The number of rotatable bonds is 6. The van der Waals surface area contributed by atoms with E-state index in [2.05, 4.69) is 32.4 Å². The summed E-state index contributed by atoms with van der Waals surface area (Å²) in [6.07, 6.45) is 3.54. The molecule has 4 rings (SSSR count). The SMILES string of the molecule is COc1cc(N2CCCC[C@H]2C)nc(NC(=S)NCc2ccc(-c3ccc(Cl)cc3)o2)n1. The second-order valence-corrected chi connectivity index (χ2v) is 8.56. The quantitative estimate of drug-likeness (QED) is 0.471. The van der Waals surface area contributed by atoms with Crippen LogP contribution in [0.25, 0.3) is 11.3 Å². The van der Waals surface area contributed by atoms with Gasteiger partial charge in [-0.2, -0.15) is 9.97 Å². The molecule has 3 heterocycles. The van der Waals surface area contributed by atoms with Gasteiger partial charge in [-0.25, -0.2) is 0 Å². The molecule has 1 fully saturated rings. The second-order valence-electron chi connectivity index (χ2n) is 7.71. The summed E-state index contributed by atoms with van der Waals surface area (Å²) < 4.78 is 11.3. The lowest BCUT2D eigenvalue weighted by atomic mass is 10.0. The molecule has 0 radical (unpaired) electrons. The van der Waals surface area contributed by atoms with Gasteiger partial charge in [0.15, 0.2) is 5.11 Å². The van der Waals surface area contributed by atoms with Gasteiger partial charge in [0, 0.05) is 29.2 Å². The highest BCUT2D eigenvalue weighted by atomic mass is 35.5. The Hall–Kier alpha value is -2.84. The van der Waals surface area contributed by atoms with E-state index in [0.29, 0.717) is 34.5 Å². The number of hydrogen-bond acceptors (Lipinski definition) is 6. The van der Waals surface area contributed by atoms with Gasteiger partial charge in [-0.3, -0.25) is 0 Å². The van der Waals surface area contributed by atoms with Gasteiger partial charge in [-0.15, -0.1) is 0 Å². The molecule has 1 aliphatic heterocycles. The molecule has 32 heavy (non-hydrogen) atoms. The maximum absolute atomic E-state index is 5.95. The van der Waals surface area contributed by atoms with E-state index >= 15 is 0 Å². The van der Waals surface area contributed by atoms with Gasteiger partial charge >= 0.3 is 0 Å². The number of nitrogens with zero attached hydrogens (tertiary/aromatic N) is 3. The van der Waals surface area contributed by atoms with E-state index in [-0.39, 0.29) is 0 Å². The third-order valence-corrected chi connectivity index (χ3v) is 5.93. The van der Waals surface area contributed by atoms with Crippen molar-refractivity contribution in [2.45, 2.75) is 38.8 Å². The van der Waals surface area contributed by atoms with E-state index in [9.17, 15) is 0 Å². The molecule has 3 aromatic rings. The number of hydrogen-bond donors (Lipinski definition) is 2. The molecule has 1 saturated heterocycles. The molecule has 0 amide bonds. The van der Waals surface area contributed by atoms with Crippen molar-refractivity contribution in [3.8, 4) is 17.2 Å². The Morgan fingerprint density at radius 1 is 1.22 bits per heavy atom. The first kappa shape index (κ1) is 22.4. The maximum Gasteiger partial charge on any atom is 0.234 e. The maximum atomic E-state index is 5.95. The highest BCUT2D eigenvalue weighted by Crippen LogP contribution is 2.27. The van der Waals surface area contributed by atoms with Gasteiger partial charge in [0.05, 0.1) is 13.7 Å². The van der Waals surface area contributed by atoms with Crippen molar-refractivity contribution in [3.63, 3.8) is 0 Å². The predicted octanol–water partition coefficient (Wildman–Crippen LogP) is 5.26. The van der Waals surface area contributed by atoms with Crippen LogP contribution in [0.2, 0.25) is 5.02 Å². The van der Waals surface area contributed by atoms with Gasteiger partial charge in [0.25, 0.3) is 0 Å². The molecule has 0 spiro atoms. The van der Waals surface area contributed by atoms with Crippen LogP contribution in [0, 0.1) is 0 Å². The van der Waals surface area contributed by atoms with E-state index in [1.165, 1.54) is 6.42 Å². The van der Waals surface area contributed by atoms with Crippen molar-refractivity contribution in [2.75, 3.05) is 23.9 Å². The normalized spacial score (nSPS) is 16.0. The molecule has 7 nitrogen and oxygen atoms in total. The minimum atomic E-state index is 0.399. The fourth-order valence-corrected chi connectivity index (χ4v) is 4.00. The van der Waals surface area contributed by atoms with Crippen LogP contribution in [0.15, 0.2) is 46.9 Å². The Kier molecular flexibility index (Phi) is 7.12. The molecule has 9 heteroatoms. The minimum absolute atomic E-state index is 0.399. The van der Waals surface area contributed by atoms with E-state index in [0.717, 1.165) is 42.3 Å². The first-order chi connectivity index (χ1) is 15.5. The predicted molar refractivity (Wildman–Crippen MR) is 131 cm³/mol. The fourth-order valence-electron chi connectivity index (χ4n) is 3.71. The second kappa shape index (κ2) is 10.2. The van der Waals surface area contributed by atoms with Gasteiger partial charge in [0.2, 0.25) is 11.8 Å². The summed E-state index contributed by atoms with van der Waals surface area (Å²) in [4.78, 5) is 11.3. The molecule has 2 N–H and O–H groups in total. The van der Waals surface area contributed by atoms with E-state index < -0.39 is 0 Å². The number of benzene rings is 1. The van der Waals surface area contributed by atoms with Crippen LogP contribution in [0.1, 0.15) is 31.9 Å². The molecule has 168 valence electrons. The van der Waals surface area contributed by atoms with Crippen LogP contribution in [0.3, 0.4) is 0 Å². The number of furan rings is 1. The molecular weight excluding hydrogens is 446 g/mol. The molecule has 0 unspecified atom stereocenters. The number of anilines is 2. The molecule has 2 aromatic heterocycles. The third kappa shape index (κ3) is 5.49. The van der Waals surface area contributed by atoms with Gasteiger partial charge in [-0.05, 0) is 74.8 Å². The van der Waals surface area contributed by atoms with Crippen LogP contribution in [-0.4, -0.2) is 34.8 Å². The van der Waals surface area contributed by atoms with Crippen molar-refractivity contribution < 1.29 is 9.15 Å². The third-order valence-electron chi connectivity index (χ3n) is 5.43. The Morgan fingerprint density at radius 2 is 2.03 bits per heavy atom. The number of aromatic nitrogens is 2. The van der Waals surface area contributed by atoms with Gasteiger partial charge in [0.1, 0.15) is 17.3 Å². The number of nitrogens with one attached hydrogen (secondary N) is 2. The summed E-state index contributed by atoms with van der Waals surface area (Å²) in [6.45, 7) is 3.62. The number of thiocarbonyl (C=S) groups is 1. The summed E-state index contributed by atoms with van der Waals surface area (Å²) >= 11 is 11.4. The summed E-state index contributed by atoms with van der Waals surface area (Å²) in [5, 5.41) is 7.29. The van der Waals surface area contributed by atoms with Gasteiger partial charge in [-0.1, -0.05) is 11.6 Å². The smallest absolute Gasteiger partial charge is 0.234 e. The standard InChI is InChI=1S/C23H26ClN5O2S/c1-15-5-3-4-12-29(15)20-13-21(30-2)27-22(26-20)28-23(32)25-14-18-10-11-19(31-18)16-6-8-17(24)9-7-16/h6-11,13,15H,3-5,12,14H2,1-2H3,(H2,25,26,27,28,32)/t15-/m1/s1. The highest BCUT2D eigenvalue weighted by molar-refractivity contribution is 7.80. The number of halogens is 1. The zero-order chi connectivity index (χ0) is 22.5. The Bertz CT molecular complexity index is 1070. The highest BCUT2D eigenvalue weighted by Gasteiger charge is 2.21. The summed E-state index contributed by atoms with van der Waals surface area (Å²) in [5.74, 6) is 3.27. The number of piperidine rings is 1. The van der Waals surface area contributed by atoms with Crippen LogP contribution in [-0.2, 0) is 6.54 Å². The van der Waals surface area contributed by atoms with Gasteiger partial charge < -0.3 is 24.7 Å². The largest absolute Gasteiger partial charge is 0.481 e. The Labute approximate surface area is 198 Å². The minimum Gasteiger partial charge on any atom is -0.481 e.